The van der Waals surface area contributed by atoms with Crippen LogP contribution in [0.5, 0.6) is 0 Å². The van der Waals surface area contributed by atoms with Gasteiger partial charge in [-0.1, -0.05) is 0 Å². The predicted octanol–water partition coefficient (Wildman–Crippen LogP) is 1.28. The van der Waals surface area contributed by atoms with E-state index in [4.69, 9.17) is 5.73 Å². The average molecular weight is 262 g/mol. The SMILES string of the molecule is CC1CCCC(CN)N1c1nccn(C2CC2)c1=O. The van der Waals surface area contributed by atoms with Crippen LogP contribution in [0, 0.1) is 0 Å². The summed E-state index contributed by atoms with van der Waals surface area (Å²) >= 11 is 0. The number of rotatable bonds is 3. The zero-order valence-electron chi connectivity index (χ0n) is 11.5. The molecule has 0 spiro atoms. The van der Waals surface area contributed by atoms with Gasteiger partial charge < -0.3 is 15.2 Å². The van der Waals surface area contributed by atoms with Crippen molar-refractivity contribution in [2.45, 2.75) is 57.2 Å². The molecule has 1 saturated heterocycles. The number of nitrogens with two attached hydrogens (primary N) is 1. The third kappa shape index (κ3) is 2.27. The first-order valence-electron chi connectivity index (χ1n) is 7.28. The molecule has 1 aliphatic heterocycles. The van der Waals surface area contributed by atoms with Crippen LogP contribution in [-0.4, -0.2) is 28.2 Å². The fourth-order valence-corrected chi connectivity index (χ4v) is 3.13. The van der Waals surface area contributed by atoms with Gasteiger partial charge in [-0.05, 0) is 39.0 Å². The van der Waals surface area contributed by atoms with E-state index in [1.807, 2.05) is 10.8 Å². The highest BCUT2D eigenvalue weighted by atomic mass is 16.1. The highest BCUT2D eigenvalue weighted by Crippen LogP contribution is 2.34. The Labute approximate surface area is 113 Å². The summed E-state index contributed by atoms with van der Waals surface area (Å²) in [5, 5.41) is 0. The molecule has 0 radical (unpaired) electrons. The Morgan fingerprint density at radius 3 is 2.84 bits per heavy atom. The van der Waals surface area contributed by atoms with Gasteiger partial charge in [0.05, 0.1) is 0 Å². The van der Waals surface area contributed by atoms with Gasteiger partial charge in [0.15, 0.2) is 5.82 Å². The summed E-state index contributed by atoms with van der Waals surface area (Å²) in [7, 11) is 0. The topological polar surface area (TPSA) is 64.2 Å². The molecule has 2 atom stereocenters. The fourth-order valence-electron chi connectivity index (χ4n) is 3.13. The van der Waals surface area contributed by atoms with Gasteiger partial charge in [0.25, 0.3) is 5.56 Å². The second kappa shape index (κ2) is 4.96. The molecule has 3 rings (SSSR count). The molecule has 1 aromatic rings. The van der Waals surface area contributed by atoms with Gasteiger partial charge in [0.2, 0.25) is 0 Å². The van der Waals surface area contributed by atoms with Crippen LogP contribution < -0.4 is 16.2 Å². The largest absolute Gasteiger partial charge is 0.345 e. The molecule has 1 aliphatic carbocycles. The lowest BCUT2D eigenvalue weighted by atomic mass is 9.96. The first-order valence-corrected chi connectivity index (χ1v) is 7.28. The standard InChI is InChI=1S/C14H22N4O/c1-10-3-2-4-12(9-15)18(10)13-14(19)17(8-7-16-13)11-5-6-11/h7-8,10-12H,2-6,9,15H2,1H3. The van der Waals surface area contributed by atoms with Crippen molar-refractivity contribution < 1.29 is 0 Å². The minimum atomic E-state index is 0.0530. The molecule has 2 unspecified atom stereocenters. The lowest BCUT2D eigenvalue weighted by molar-refractivity contribution is 0.395. The van der Waals surface area contributed by atoms with Crippen LogP contribution in [0.15, 0.2) is 17.2 Å². The molecule has 19 heavy (non-hydrogen) atoms. The van der Waals surface area contributed by atoms with E-state index in [0.29, 0.717) is 24.4 Å². The Morgan fingerprint density at radius 2 is 2.16 bits per heavy atom. The fraction of sp³-hybridized carbons (Fsp3) is 0.714. The predicted molar refractivity (Wildman–Crippen MR) is 75.4 cm³/mol. The van der Waals surface area contributed by atoms with Crippen LogP contribution in [0.4, 0.5) is 5.82 Å². The van der Waals surface area contributed by atoms with Gasteiger partial charge in [-0.3, -0.25) is 4.79 Å². The van der Waals surface area contributed by atoms with Crippen molar-refractivity contribution in [1.82, 2.24) is 9.55 Å². The molecule has 0 amide bonds. The summed E-state index contributed by atoms with van der Waals surface area (Å²) in [6, 6.07) is 0.988. The van der Waals surface area contributed by atoms with E-state index in [0.717, 1.165) is 25.7 Å². The molecule has 2 fully saturated rings. The summed E-state index contributed by atoms with van der Waals surface area (Å²) < 4.78 is 1.84. The summed E-state index contributed by atoms with van der Waals surface area (Å²) in [5.74, 6) is 0.594. The van der Waals surface area contributed by atoms with Gasteiger partial charge in [-0.15, -0.1) is 0 Å². The van der Waals surface area contributed by atoms with E-state index in [9.17, 15) is 4.79 Å². The summed E-state index contributed by atoms with van der Waals surface area (Å²) in [6.45, 7) is 2.75. The van der Waals surface area contributed by atoms with Crippen LogP contribution in [0.2, 0.25) is 0 Å². The number of hydrogen-bond donors (Lipinski definition) is 1. The van der Waals surface area contributed by atoms with E-state index >= 15 is 0 Å². The van der Waals surface area contributed by atoms with E-state index in [1.165, 1.54) is 6.42 Å². The quantitative estimate of drug-likeness (QED) is 0.891. The molecular weight excluding hydrogens is 240 g/mol. The average Bonchev–Trinajstić information content (AvgIpc) is 3.24. The molecule has 104 valence electrons. The van der Waals surface area contributed by atoms with Crippen molar-refractivity contribution in [2.75, 3.05) is 11.4 Å². The van der Waals surface area contributed by atoms with Crippen molar-refractivity contribution in [1.29, 1.82) is 0 Å². The maximum atomic E-state index is 12.6. The summed E-state index contributed by atoms with van der Waals surface area (Å²) in [4.78, 5) is 19.1. The number of aromatic nitrogens is 2. The van der Waals surface area contributed by atoms with E-state index < -0.39 is 0 Å². The highest BCUT2D eigenvalue weighted by molar-refractivity contribution is 5.40. The normalized spacial score (nSPS) is 27.6. The van der Waals surface area contributed by atoms with Crippen molar-refractivity contribution in [3.8, 4) is 0 Å². The Hall–Kier alpha value is -1.36. The lowest BCUT2D eigenvalue weighted by Crippen LogP contribution is -2.51. The lowest BCUT2D eigenvalue weighted by Gasteiger charge is -2.40. The number of anilines is 1. The Bertz CT molecular complexity index is 508. The molecule has 2 heterocycles. The Morgan fingerprint density at radius 1 is 1.37 bits per heavy atom. The minimum Gasteiger partial charge on any atom is -0.345 e. The highest BCUT2D eigenvalue weighted by Gasteiger charge is 2.32. The molecule has 5 heteroatoms. The van der Waals surface area contributed by atoms with Gasteiger partial charge >= 0.3 is 0 Å². The van der Waals surface area contributed by atoms with Crippen LogP contribution in [0.3, 0.4) is 0 Å². The second-order valence-corrected chi connectivity index (χ2v) is 5.77. The molecular formula is C14H22N4O. The maximum absolute atomic E-state index is 12.6. The van der Waals surface area contributed by atoms with Gasteiger partial charge in [0.1, 0.15) is 0 Å². The smallest absolute Gasteiger partial charge is 0.293 e. The maximum Gasteiger partial charge on any atom is 0.293 e. The van der Waals surface area contributed by atoms with Crippen molar-refractivity contribution in [3.63, 3.8) is 0 Å². The number of piperidine rings is 1. The molecule has 2 aliphatic rings. The first-order chi connectivity index (χ1) is 9.22. The van der Waals surface area contributed by atoms with Gasteiger partial charge in [-0.25, -0.2) is 4.98 Å². The summed E-state index contributed by atoms with van der Waals surface area (Å²) in [6.07, 6.45) is 9.14. The van der Waals surface area contributed by atoms with E-state index in [1.54, 1.807) is 6.20 Å². The molecule has 1 aromatic heterocycles. The van der Waals surface area contributed by atoms with Gasteiger partial charge in [-0.2, -0.15) is 0 Å². The van der Waals surface area contributed by atoms with Crippen LogP contribution in [-0.2, 0) is 0 Å². The monoisotopic (exact) mass is 262 g/mol. The molecule has 2 N–H and O–H groups in total. The number of hydrogen-bond acceptors (Lipinski definition) is 4. The first kappa shape index (κ1) is 12.7. The molecule has 0 aromatic carbocycles. The zero-order valence-corrected chi connectivity index (χ0v) is 11.5. The van der Waals surface area contributed by atoms with Gasteiger partial charge in [0, 0.05) is 37.1 Å². The van der Waals surface area contributed by atoms with Crippen molar-refractivity contribution in [2.24, 2.45) is 5.73 Å². The van der Waals surface area contributed by atoms with E-state index in [-0.39, 0.29) is 11.6 Å². The molecule has 5 nitrogen and oxygen atoms in total. The van der Waals surface area contributed by atoms with Crippen molar-refractivity contribution >= 4 is 5.82 Å². The second-order valence-electron chi connectivity index (χ2n) is 5.77. The third-order valence-corrected chi connectivity index (χ3v) is 4.33. The minimum absolute atomic E-state index is 0.0530. The molecule has 0 bridgehead atoms. The summed E-state index contributed by atoms with van der Waals surface area (Å²) in [5.41, 5.74) is 5.93. The Kier molecular flexibility index (Phi) is 3.31. The van der Waals surface area contributed by atoms with Crippen LogP contribution >= 0.6 is 0 Å². The third-order valence-electron chi connectivity index (χ3n) is 4.33. The van der Waals surface area contributed by atoms with Crippen LogP contribution in [0.1, 0.15) is 45.1 Å². The van der Waals surface area contributed by atoms with Crippen LogP contribution in [0.25, 0.3) is 0 Å². The Balaban J connectivity index is 1.99. The molecule has 1 saturated carbocycles. The number of nitrogens with zero attached hydrogens (tertiary/aromatic N) is 3. The van der Waals surface area contributed by atoms with Crippen molar-refractivity contribution in [3.05, 3.63) is 22.7 Å². The zero-order chi connectivity index (χ0) is 13.4. The van der Waals surface area contributed by atoms with E-state index in [2.05, 4.69) is 16.8 Å².